The summed E-state index contributed by atoms with van der Waals surface area (Å²) >= 11 is 0. The molecule has 0 spiro atoms. The standard InChI is InChI=1S/C29H32FN3O4/c1-19-6-9-26(30)25(14-19)28-29(33-10-12-36-13-11-33)32-22(17-31-28)18-37-23-5-3-4-21(15-23)24(20-7-8-20)16-27(34)35-2/h3-6,9,14-15,17,20,24H,7-8,10-13,16,18H2,1-2H3/t24-/m0/s1. The van der Waals surface area contributed by atoms with Gasteiger partial charge in [0.1, 0.15) is 23.9 Å². The van der Waals surface area contributed by atoms with E-state index in [0.717, 1.165) is 24.0 Å². The molecule has 2 heterocycles. The number of ether oxygens (including phenoxy) is 3. The Morgan fingerprint density at radius 2 is 2.00 bits per heavy atom. The number of carbonyl (C=O) groups excluding carboxylic acids is 1. The Hall–Kier alpha value is -3.52. The zero-order valence-corrected chi connectivity index (χ0v) is 21.3. The number of benzene rings is 2. The molecule has 1 saturated heterocycles. The van der Waals surface area contributed by atoms with Crippen LogP contribution in [0.1, 0.15) is 42.0 Å². The summed E-state index contributed by atoms with van der Waals surface area (Å²) in [4.78, 5) is 23.5. The summed E-state index contributed by atoms with van der Waals surface area (Å²) in [7, 11) is 1.43. The van der Waals surface area contributed by atoms with Crippen molar-refractivity contribution in [3.8, 4) is 17.0 Å². The Morgan fingerprint density at radius 1 is 1.19 bits per heavy atom. The van der Waals surface area contributed by atoms with Crippen LogP contribution in [0, 0.1) is 18.7 Å². The van der Waals surface area contributed by atoms with Gasteiger partial charge in [-0.05, 0) is 61.4 Å². The van der Waals surface area contributed by atoms with Crippen molar-refractivity contribution in [2.45, 2.75) is 38.7 Å². The number of aryl methyl sites for hydroxylation is 1. The Labute approximate surface area is 216 Å². The molecule has 1 aromatic heterocycles. The second-order valence-electron chi connectivity index (χ2n) is 9.70. The number of anilines is 1. The normalized spacial score (nSPS) is 16.4. The minimum Gasteiger partial charge on any atom is -0.487 e. The predicted octanol–water partition coefficient (Wildman–Crippen LogP) is 5.06. The van der Waals surface area contributed by atoms with Gasteiger partial charge in [-0.1, -0.05) is 23.8 Å². The van der Waals surface area contributed by atoms with Crippen molar-refractivity contribution in [1.29, 1.82) is 0 Å². The molecule has 1 atom stereocenters. The van der Waals surface area contributed by atoms with Crippen LogP contribution < -0.4 is 9.64 Å². The largest absolute Gasteiger partial charge is 0.487 e. The first-order chi connectivity index (χ1) is 18.0. The quantitative estimate of drug-likeness (QED) is 0.376. The number of morpholine rings is 1. The molecule has 5 rings (SSSR count). The Kier molecular flexibility index (Phi) is 7.65. The number of hydrogen-bond donors (Lipinski definition) is 0. The number of carbonyl (C=O) groups is 1. The van der Waals surface area contributed by atoms with Crippen molar-refractivity contribution in [3.63, 3.8) is 0 Å². The van der Waals surface area contributed by atoms with E-state index >= 15 is 0 Å². The second kappa shape index (κ2) is 11.3. The topological polar surface area (TPSA) is 73.8 Å². The third-order valence-corrected chi connectivity index (χ3v) is 6.97. The maximum Gasteiger partial charge on any atom is 0.306 e. The van der Waals surface area contributed by atoms with E-state index in [0.29, 0.717) is 67.2 Å². The van der Waals surface area contributed by atoms with Crippen LogP contribution in [0.2, 0.25) is 0 Å². The lowest BCUT2D eigenvalue weighted by molar-refractivity contribution is -0.141. The summed E-state index contributed by atoms with van der Waals surface area (Å²) in [6.45, 7) is 4.63. The summed E-state index contributed by atoms with van der Waals surface area (Å²) in [6.07, 6.45) is 4.27. The second-order valence-corrected chi connectivity index (χ2v) is 9.70. The third-order valence-electron chi connectivity index (χ3n) is 6.97. The lowest BCUT2D eigenvalue weighted by Gasteiger charge is -2.29. The van der Waals surface area contributed by atoms with Gasteiger partial charge in [0, 0.05) is 18.7 Å². The summed E-state index contributed by atoms with van der Waals surface area (Å²) < 4.78 is 31.3. The summed E-state index contributed by atoms with van der Waals surface area (Å²) in [5.74, 6) is 1.45. The fourth-order valence-electron chi connectivity index (χ4n) is 4.80. The molecule has 0 amide bonds. The van der Waals surface area contributed by atoms with Crippen molar-refractivity contribution in [3.05, 3.63) is 71.3 Å². The van der Waals surface area contributed by atoms with E-state index in [1.54, 1.807) is 18.3 Å². The molecule has 1 aliphatic carbocycles. The minimum atomic E-state index is -0.326. The molecule has 1 saturated carbocycles. The lowest BCUT2D eigenvalue weighted by atomic mass is 9.91. The van der Waals surface area contributed by atoms with Crippen LogP contribution in [-0.2, 0) is 20.9 Å². The van der Waals surface area contributed by atoms with Crippen LogP contribution in [0.5, 0.6) is 5.75 Å². The number of hydrogen-bond acceptors (Lipinski definition) is 7. The van der Waals surface area contributed by atoms with Gasteiger partial charge >= 0.3 is 5.97 Å². The molecule has 2 aromatic carbocycles. The van der Waals surface area contributed by atoms with E-state index in [1.165, 1.54) is 13.2 Å². The van der Waals surface area contributed by atoms with Gasteiger partial charge < -0.3 is 19.1 Å². The van der Waals surface area contributed by atoms with E-state index in [4.69, 9.17) is 19.2 Å². The SMILES string of the molecule is COC(=O)C[C@H](c1cccc(OCc2cnc(-c3cc(C)ccc3F)c(N3CCOCC3)n2)c1)C1CC1. The highest BCUT2D eigenvalue weighted by Crippen LogP contribution is 2.45. The fourth-order valence-corrected chi connectivity index (χ4v) is 4.80. The van der Waals surface area contributed by atoms with Gasteiger partial charge in [-0.15, -0.1) is 0 Å². The maximum absolute atomic E-state index is 14.8. The monoisotopic (exact) mass is 505 g/mol. The number of nitrogens with zero attached hydrogens (tertiary/aromatic N) is 3. The van der Waals surface area contributed by atoms with Crippen molar-refractivity contribution in [2.75, 3.05) is 38.3 Å². The van der Waals surface area contributed by atoms with E-state index in [-0.39, 0.29) is 24.3 Å². The Bertz CT molecular complexity index is 1260. The molecule has 1 aliphatic heterocycles. The highest BCUT2D eigenvalue weighted by molar-refractivity contribution is 5.73. The average molecular weight is 506 g/mol. The predicted molar refractivity (Wildman–Crippen MR) is 138 cm³/mol. The smallest absolute Gasteiger partial charge is 0.306 e. The summed E-state index contributed by atoms with van der Waals surface area (Å²) in [5, 5.41) is 0. The van der Waals surface area contributed by atoms with Crippen molar-refractivity contribution >= 4 is 11.8 Å². The molecule has 2 fully saturated rings. The van der Waals surface area contributed by atoms with Crippen molar-refractivity contribution in [2.24, 2.45) is 5.92 Å². The number of rotatable bonds is 9. The highest BCUT2D eigenvalue weighted by atomic mass is 19.1. The van der Waals surface area contributed by atoms with Gasteiger partial charge in [-0.2, -0.15) is 0 Å². The maximum atomic E-state index is 14.8. The van der Waals surface area contributed by atoms with Crippen molar-refractivity contribution < 1.29 is 23.4 Å². The summed E-state index contributed by atoms with van der Waals surface area (Å²) in [6, 6.07) is 12.9. The van der Waals surface area contributed by atoms with Crippen LogP contribution >= 0.6 is 0 Å². The summed E-state index contributed by atoms with van der Waals surface area (Å²) in [5.41, 5.74) is 3.64. The van der Waals surface area contributed by atoms with Crippen LogP contribution in [0.3, 0.4) is 0 Å². The molecule has 8 heteroatoms. The van der Waals surface area contributed by atoms with E-state index in [9.17, 15) is 9.18 Å². The zero-order valence-electron chi connectivity index (χ0n) is 21.3. The van der Waals surface area contributed by atoms with Gasteiger partial charge in [0.25, 0.3) is 0 Å². The molecule has 37 heavy (non-hydrogen) atoms. The van der Waals surface area contributed by atoms with E-state index in [2.05, 4.69) is 9.88 Å². The molecular formula is C29H32FN3O4. The van der Waals surface area contributed by atoms with Gasteiger partial charge in [0.2, 0.25) is 0 Å². The zero-order chi connectivity index (χ0) is 25.8. The van der Waals surface area contributed by atoms with Gasteiger partial charge in [0.15, 0.2) is 5.82 Å². The van der Waals surface area contributed by atoms with E-state index in [1.807, 2.05) is 31.2 Å². The Morgan fingerprint density at radius 3 is 2.76 bits per heavy atom. The molecule has 0 radical (unpaired) electrons. The van der Waals surface area contributed by atoms with Gasteiger partial charge in [0.05, 0.1) is 38.6 Å². The van der Waals surface area contributed by atoms with E-state index < -0.39 is 0 Å². The van der Waals surface area contributed by atoms with Crippen LogP contribution in [-0.4, -0.2) is 49.4 Å². The molecule has 194 valence electrons. The first kappa shape index (κ1) is 25.1. The van der Waals surface area contributed by atoms with Gasteiger partial charge in [-0.3, -0.25) is 9.78 Å². The highest BCUT2D eigenvalue weighted by Gasteiger charge is 2.34. The average Bonchev–Trinajstić information content (AvgIpc) is 3.78. The molecule has 2 aliphatic rings. The number of esters is 1. The number of methoxy groups -OCH3 is 1. The van der Waals surface area contributed by atoms with Crippen molar-refractivity contribution in [1.82, 2.24) is 9.97 Å². The van der Waals surface area contributed by atoms with Crippen LogP contribution in [0.4, 0.5) is 10.2 Å². The molecule has 3 aromatic rings. The first-order valence-electron chi connectivity index (χ1n) is 12.8. The molecule has 7 nitrogen and oxygen atoms in total. The minimum absolute atomic E-state index is 0.132. The lowest BCUT2D eigenvalue weighted by Crippen LogP contribution is -2.37. The van der Waals surface area contributed by atoms with Crippen LogP contribution in [0.15, 0.2) is 48.7 Å². The molecule has 0 bridgehead atoms. The third kappa shape index (κ3) is 6.07. The Balaban J connectivity index is 1.37. The number of halogens is 1. The number of aromatic nitrogens is 2. The first-order valence-corrected chi connectivity index (χ1v) is 12.8. The fraction of sp³-hybridized carbons (Fsp3) is 0.414. The molecule has 0 N–H and O–H groups in total. The van der Waals surface area contributed by atoms with Gasteiger partial charge in [-0.25, -0.2) is 9.37 Å². The molecule has 0 unspecified atom stereocenters. The molecular weight excluding hydrogens is 473 g/mol. The van der Waals surface area contributed by atoms with Crippen LogP contribution in [0.25, 0.3) is 11.3 Å².